The number of nitrogens with zero attached hydrogens (tertiary/aromatic N) is 1. The van der Waals surface area contributed by atoms with Crippen molar-refractivity contribution in [1.29, 1.82) is 0 Å². The number of likely N-dealkylation sites (tertiary alicyclic amines) is 1. The van der Waals surface area contributed by atoms with Gasteiger partial charge in [0.05, 0.1) is 6.54 Å². The summed E-state index contributed by atoms with van der Waals surface area (Å²) in [5.41, 5.74) is 7.14. The molecule has 1 aliphatic heterocycles. The zero-order valence-corrected chi connectivity index (χ0v) is 13.3. The molecule has 114 valence electrons. The van der Waals surface area contributed by atoms with E-state index in [-0.39, 0.29) is 5.91 Å². The van der Waals surface area contributed by atoms with Crippen LogP contribution >= 0.6 is 12.2 Å². The van der Waals surface area contributed by atoms with E-state index in [1.165, 1.54) is 19.3 Å². The van der Waals surface area contributed by atoms with Gasteiger partial charge in [-0.25, -0.2) is 0 Å². The number of carbonyl (C=O) groups excluding carboxylic acids is 1. The van der Waals surface area contributed by atoms with Crippen molar-refractivity contribution in [2.45, 2.75) is 26.2 Å². The number of thiocarbonyl (C=S) groups is 1. The Morgan fingerprint density at radius 1 is 1.43 bits per heavy atom. The summed E-state index contributed by atoms with van der Waals surface area (Å²) in [6.07, 6.45) is 3.67. The SMILES string of the molecule is CCC1CCCN(CC(=O)Nc2ccc(C(N)=S)cc2)C1. The number of nitrogens with one attached hydrogen (secondary N) is 1. The third-order valence-electron chi connectivity index (χ3n) is 4.00. The molecule has 5 heteroatoms. The van der Waals surface area contributed by atoms with Crippen LogP contribution in [0.1, 0.15) is 31.7 Å². The fraction of sp³-hybridized carbons (Fsp3) is 0.500. The van der Waals surface area contributed by atoms with E-state index in [1.54, 1.807) is 0 Å². The van der Waals surface area contributed by atoms with E-state index in [0.717, 1.165) is 30.3 Å². The lowest BCUT2D eigenvalue weighted by Gasteiger charge is -2.31. The van der Waals surface area contributed by atoms with Gasteiger partial charge in [0.25, 0.3) is 0 Å². The minimum Gasteiger partial charge on any atom is -0.389 e. The highest BCUT2D eigenvalue weighted by Gasteiger charge is 2.20. The Balaban J connectivity index is 1.85. The number of piperidine rings is 1. The zero-order chi connectivity index (χ0) is 15.2. The normalized spacial score (nSPS) is 19.2. The van der Waals surface area contributed by atoms with Crippen LogP contribution in [-0.4, -0.2) is 35.4 Å². The third-order valence-corrected chi connectivity index (χ3v) is 4.24. The first kappa shape index (κ1) is 15.9. The molecule has 0 bridgehead atoms. The van der Waals surface area contributed by atoms with Gasteiger partial charge in [-0.1, -0.05) is 25.6 Å². The fourth-order valence-electron chi connectivity index (χ4n) is 2.75. The Hall–Kier alpha value is -1.46. The molecule has 1 unspecified atom stereocenters. The summed E-state index contributed by atoms with van der Waals surface area (Å²) in [7, 11) is 0. The molecular weight excluding hydrogens is 282 g/mol. The molecule has 1 amide bonds. The lowest BCUT2D eigenvalue weighted by atomic mass is 9.96. The van der Waals surface area contributed by atoms with Gasteiger partial charge in [0.15, 0.2) is 0 Å². The van der Waals surface area contributed by atoms with E-state index in [2.05, 4.69) is 17.1 Å². The van der Waals surface area contributed by atoms with E-state index in [1.807, 2.05) is 24.3 Å². The van der Waals surface area contributed by atoms with Crippen molar-refractivity contribution in [2.24, 2.45) is 11.7 Å². The van der Waals surface area contributed by atoms with Crippen LogP contribution in [0.3, 0.4) is 0 Å². The zero-order valence-electron chi connectivity index (χ0n) is 12.5. The molecule has 1 saturated heterocycles. The summed E-state index contributed by atoms with van der Waals surface area (Å²) in [6, 6.07) is 7.31. The van der Waals surface area contributed by atoms with Gasteiger partial charge in [-0.15, -0.1) is 0 Å². The molecule has 0 spiro atoms. The molecule has 1 atom stereocenters. The van der Waals surface area contributed by atoms with Gasteiger partial charge in [0.1, 0.15) is 4.99 Å². The van der Waals surface area contributed by atoms with E-state index in [4.69, 9.17) is 18.0 Å². The Kier molecular flexibility index (Phi) is 5.70. The van der Waals surface area contributed by atoms with Crippen LogP contribution in [0.4, 0.5) is 5.69 Å². The second-order valence-electron chi connectivity index (χ2n) is 5.64. The summed E-state index contributed by atoms with van der Waals surface area (Å²) >= 11 is 4.91. The molecule has 4 nitrogen and oxygen atoms in total. The quantitative estimate of drug-likeness (QED) is 0.820. The van der Waals surface area contributed by atoms with Gasteiger partial charge in [-0.2, -0.15) is 0 Å². The summed E-state index contributed by atoms with van der Waals surface area (Å²) < 4.78 is 0. The number of carbonyl (C=O) groups is 1. The molecule has 21 heavy (non-hydrogen) atoms. The molecule has 1 heterocycles. The summed E-state index contributed by atoms with van der Waals surface area (Å²) in [5, 5.41) is 2.92. The van der Waals surface area contributed by atoms with Gasteiger partial charge in [0.2, 0.25) is 5.91 Å². The van der Waals surface area contributed by atoms with Crippen LogP contribution in [-0.2, 0) is 4.79 Å². The van der Waals surface area contributed by atoms with Crippen molar-refractivity contribution >= 4 is 28.8 Å². The average molecular weight is 305 g/mol. The highest BCUT2D eigenvalue weighted by Crippen LogP contribution is 2.19. The molecule has 2 rings (SSSR count). The third kappa shape index (κ3) is 4.79. The molecular formula is C16H23N3OS. The van der Waals surface area contributed by atoms with Crippen LogP contribution < -0.4 is 11.1 Å². The van der Waals surface area contributed by atoms with Crippen molar-refractivity contribution < 1.29 is 4.79 Å². The first-order chi connectivity index (χ1) is 10.1. The fourth-order valence-corrected chi connectivity index (χ4v) is 2.89. The Labute approximate surface area is 131 Å². The van der Waals surface area contributed by atoms with Crippen LogP contribution in [0.2, 0.25) is 0 Å². The summed E-state index contributed by atoms with van der Waals surface area (Å²) in [5.74, 6) is 0.770. The van der Waals surface area contributed by atoms with Crippen LogP contribution in [0.15, 0.2) is 24.3 Å². The van der Waals surface area contributed by atoms with Gasteiger partial charge >= 0.3 is 0 Å². The summed E-state index contributed by atoms with van der Waals surface area (Å²) in [6.45, 7) is 4.74. The number of hydrogen-bond acceptors (Lipinski definition) is 3. The standard InChI is InChI=1S/C16H23N3OS/c1-2-12-4-3-9-19(10-12)11-15(20)18-14-7-5-13(6-8-14)16(17)21/h5-8,12H,2-4,9-11H2,1H3,(H2,17,21)(H,18,20). The van der Waals surface area contributed by atoms with E-state index in [9.17, 15) is 4.79 Å². The maximum atomic E-state index is 12.1. The topological polar surface area (TPSA) is 58.4 Å². The second-order valence-corrected chi connectivity index (χ2v) is 6.08. The second kappa shape index (κ2) is 7.52. The van der Waals surface area contributed by atoms with Crippen LogP contribution in [0, 0.1) is 5.92 Å². The number of nitrogens with two attached hydrogens (primary N) is 1. The van der Waals surface area contributed by atoms with Crippen molar-refractivity contribution in [3.8, 4) is 0 Å². The Morgan fingerprint density at radius 3 is 2.76 bits per heavy atom. The first-order valence-electron chi connectivity index (χ1n) is 7.50. The molecule has 1 fully saturated rings. The highest BCUT2D eigenvalue weighted by molar-refractivity contribution is 7.80. The molecule has 1 aromatic rings. The molecule has 3 N–H and O–H groups in total. The van der Waals surface area contributed by atoms with Crippen LogP contribution in [0.25, 0.3) is 0 Å². The minimum absolute atomic E-state index is 0.0369. The van der Waals surface area contributed by atoms with Crippen molar-refractivity contribution in [1.82, 2.24) is 4.90 Å². The predicted octanol–water partition coefficient (Wildman–Crippen LogP) is 2.38. The maximum Gasteiger partial charge on any atom is 0.238 e. The molecule has 0 aliphatic carbocycles. The van der Waals surface area contributed by atoms with Crippen molar-refractivity contribution in [2.75, 3.05) is 25.0 Å². The van der Waals surface area contributed by atoms with Gasteiger partial charge in [-0.05, 0) is 49.6 Å². The molecule has 0 aromatic heterocycles. The van der Waals surface area contributed by atoms with Crippen LogP contribution in [0.5, 0.6) is 0 Å². The maximum absolute atomic E-state index is 12.1. The number of anilines is 1. The smallest absolute Gasteiger partial charge is 0.238 e. The lowest BCUT2D eigenvalue weighted by molar-refractivity contribution is -0.117. The molecule has 1 aliphatic rings. The van der Waals surface area contributed by atoms with Gasteiger partial charge in [-0.3, -0.25) is 9.69 Å². The largest absolute Gasteiger partial charge is 0.389 e. The predicted molar refractivity (Wildman–Crippen MR) is 90.4 cm³/mol. The average Bonchev–Trinajstić information content (AvgIpc) is 2.47. The van der Waals surface area contributed by atoms with E-state index < -0.39 is 0 Å². The number of hydrogen-bond donors (Lipinski definition) is 2. The number of benzene rings is 1. The molecule has 1 aromatic carbocycles. The molecule has 0 saturated carbocycles. The Morgan fingerprint density at radius 2 is 2.14 bits per heavy atom. The van der Waals surface area contributed by atoms with Gasteiger partial charge in [0, 0.05) is 17.8 Å². The highest BCUT2D eigenvalue weighted by atomic mass is 32.1. The number of rotatable bonds is 5. The van der Waals surface area contributed by atoms with Crippen molar-refractivity contribution in [3.05, 3.63) is 29.8 Å². The Bertz CT molecular complexity index is 501. The summed E-state index contributed by atoms with van der Waals surface area (Å²) in [4.78, 5) is 14.7. The monoisotopic (exact) mass is 305 g/mol. The first-order valence-corrected chi connectivity index (χ1v) is 7.91. The minimum atomic E-state index is 0.0369. The van der Waals surface area contributed by atoms with E-state index >= 15 is 0 Å². The molecule has 0 radical (unpaired) electrons. The lowest BCUT2D eigenvalue weighted by Crippen LogP contribution is -2.40. The van der Waals surface area contributed by atoms with Crippen molar-refractivity contribution in [3.63, 3.8) is 0 Å². The number of amides is 1. The van der Waals surface area contributed by atoms with E-state index in [0.29, 0.717) is 11.5 Å². The van der Waals surface area contributed by atoms with Gasteiger partial charge < -0.3 is 11.1 Å².